The predicted molar refractivity (Wildman–Crippen MR) is 135 cm³/mol. The summed E-state index contributed by atoms with van der Waals surface area (Å²) in [4.78, 5) is 44.0. The minimum Gasteiger partial charge on any atom is -0.469 e. The van der Waals surface area contributed by atoms with E-state index in [2.05, 4.69) is 10.3 Å². The van der Waals surface area contributed by atoms with Gasteiger partial charge in [0.1, 0.15) is 5.82 Å². The van der Waals surface area contributed by atoms with E-state index < -0.39 is 0 Å². The molecule has 35 heavy (non-hydrogen) atoms. The second-order valence-corrected chi connectivity index (χ2v) is 8.92. The predicted octanol–water partition coefficient (Wildman–Crippen LogP) is 5.38. The Morgan fingerprint density at radius 2 is 1.94 bits per heavy atom. The molecule has 1 aliphatic heterocycles. The summed E-state index contributed by atoms with van der Waals surface area (Å²) in [6, 6.07) is 15.9. The number of nitrogens with zero attached hydrogens (tertiary/aromatic N) is 2. The van der Waals surface area contributed by atoms with Crippen LogP contribution in [0.25, 0.3) is 0 Å². The molecule has 0 saturated carbocycles. The summed E-state index contributed by atoms with van der Waals surface area (Å²) in [5, 5.41) is 3.32. The van der Waals surface area contributed by atoms with Gasteiger partial charge in [0.15, 0.2) is 0 Å². The lowest BCUT2D eigenvalue weighted by molar-refractivity contribution is -0.141. The first kappa shape index (κ1) is 24.4. The Labute approximate surface area is 209 Å². The Hall–Kier alpha value is -3.71. The van der Waals surface area contributed by atoms with Crippen molar-refractivity contribution in [2.45, 2.75) is 32.1 Å². The van der Waals surface area contributed by atoms with Gasteiger partial charge in [0.05, 0.1) is 19.1 Å². The number of methoxy groups -OCH3 is 1. The van der Waals surface area contributed by atoms with Gasteiger partial charge in [0.2, 0.25) is 0 Å². The number of fused-ring (bicyclic) bond motifs is 1. The lowest BCUT2D eigenvalue weighted by atomic mass is 9.91. The minimum atomic E-state index is -0.298. The van der Waals surface area contributed by atoms with Crippen molar-refractivity contribution in [2.24, 2.45) is 0 Å². The molecule has 0 fully saturated rings. The average Bonchev–Trinajstić information content (AvgIpc) is 3.03. The van der Waals surface area contributed by atoms with Crippen molar-refractivity contribution in [3.8, 4) is 0 Å². The minimum absolute atomic E-state index is 0.0916. The number of aromatic nitrogens is 1. The van der Waals surface area contributed by atoms with Gasteiger partial charge in [-0.3, -0.25) is 14.4 Å². The highest BCUT2D eigenvalue weighted by Gasteiger charge is 2.29. The quantitative estimate of drug-likeness (QED) is 0.484. The molecule has 2 heterocycles. The highest BCUT2D eigenvalue weighted by Crippen LogP contribution is 2.38. The first-order chi connectivity index (χ1) is 16.9. The number of esters is 1. The summed E-state index contributed by atoms with van der Waals surface area (Å²) < 4.78 is 4.87. The molecule has 1 N–H and O–H groups in total. The van der Waals surface area contributed by atoms with Crippen molar-refractivity contribution in [1.29, 1.82) is 0 Å². The lowest BCUT2D eigenvalue weighted by Crippen LogP contribution is -2.32. The van der Waals surface area contributed by atoms with Gasteiger partial charge in [-0.15, -0.1) is 0 Å². The van der Waals surface area contributed by atoms with Gasteiger partial charge in [0.25, 0.3) is 11.8 Å². The topological polar surface area (TPSA) is 88.6 Å². The number of benzene rings is 2. The molecule has 3 aromatic rings. The van der Waals surface area contributed by atoms with E-state index in [4.69, 9.17) is 16.3 Å². The average molecular weight is 492 g/mol. The number of aryl methyl sites for hydroxylation is 1. The molecule has 0 spiro atoms. The number of nitrogens with one attached hydrogen (secondary N) is 1. The highest BCUT2D eigenvalue weighted by atomic mass is 35.5. The van der Waals surface area contributed by atoms with E-state index in [-0.39, 0.29) is 30.1 Å². The molecule has 1 unspecified atom stereocenters. The molecule has 0 aliphatic carbocycles. The van der Waals surface area contributed by atoms with E-state index in [1.807, 2.05) is 31.2 Å². The van der Waals surface area contributed by atoms with Crippen LogP contribution >= 0.6 is 11.6 Å². The molecular formula is C27H26ClN3O4. The van der Waals surface area contributed by atoms with Crippen LogP contribution in [0.1, 0.15) is 57.0 Å². The van der Waals surface area contributed by atoms with Crippen LogP contribution < -0.4 is 10.2 Å². The number of carbonyl (C=O) groups excluding carboxylic acids is 3. The Morgan fingerprint density at radius 1 is 1.14 bits per heavy atom. The Kier molecular flexibility index (Phi) is 7.46. The van der Waals surface area contributed by atoms with E-state index in [9.17, 15) is 14.4 Å². The maximum absolute atomic E-state index is 13.5. The molecule has 1 atom stereocenters. The number of halogens is 1. The number of carbonyl (C=O) groups is 3. The summed E-state index contributed by atoms with van der Waals surface area (Å²) in [5.41, 5.74) is 3.40. The molecule has 0 radical (unpaired) electrons. The normalized spacial score (nSPS) is 15.1. The molecule has 1 aromatic heterocycles. The monoisotopic (exact) mass is 491 g/mol. The third-order valence-electron chi connectivity index (χ3n) is 6.18. The van der Waals surface area contributed by atoms with E-state index in [1.54, 1.807) is 35.2 Å². The molecule has 4 rings (SSSR count). The molecule has 1 aliphatic rings. The van der Waals surface area contributed by atoms with Crippen molar-refractivity contribution in [3.63, 3.8) is 0 Å². The van der Waals surface area contributed by atoms with E-state index in [0.717, 1.165) is 29.7 Å². The number of hydrogen-bond donors (Lipinski definition) is 1. The van der Waals surface area contributed by atoms with Crippen LogP contribution in [-0.4, -0.2) is 36.4 Å². The van der Waals surface area contributed by atoms with Crippen LogP contribution in [0.3, 0.4) is 0 Å². The van der Waals surface area contributed by atoms with Crippen molar-refractivity contribution in [3.05, 3.63) is 88.1 Å². The molecular weight excluding hydrogens is 466 g/mol. The number of ether oxygens (including phenoxy) is 1. The van der Waals surface area contributed by atoms with E-state index in [1.165, 1.54) is 13.3 Å². The zero-order chi connectivity index (χ0) is 24.9. The molecule has 7 nitrogen and oxygen atoms in total. The van der Waals surface area contributed by atoms with E-state index >= 15 is 0 Å². The second kappa shape index (κ2) is 10.7. The Morgan fingerprint density at radius 3 is 2.66 bits per heavy atom. The molecule has 8 heteroatoms. The number of anilines is 2. The second-order valence-electron chi connectivity index (χ2n) is 8.48. The van der Waals surface area contributed by atoms with Crippen molar-refractivity contribution < 1.29 is 19.1 Å². The van der Waals surface area contributed by atoms with Crippen molar-refractivity contribution in [2.75, 3.05) is 23.9 Å². The van der Waals surface area contributed by atoms with Gasteiger partial charge in [-0.05, 0) is 73.2 Å². The fraction of sp³-hybridized carbons (Fsp3) is 0.259. The molecule has 0 saturated heterocycles. The standard InChI is InChI=1S/C27H26ClN3O4/c1-17-6-3-4-8-21(17)26(33)30-24-12-9-19(16-29-24)27(34)31-13-5-7-18(14-25(32)35-2)22-15-20(28)10-11-23(22)31/h3-4,6,8-12,15-16,18H,5,7,13-14H2,1-2H3,(H,29,30,33). The van der Waals surface area contributed by atoms with Crippen LogP contribution in [0.2, 0.25) is 5.02 Å². The van der Waals surface area contributed by atoms with Crippen LogP contribution in [0.15, 0.2) is 60.8 Å². The fourth-order valence-electron chi connectivity index (χ4n) is 4.34. The van der Waals surface area contributed by atoms with E-state index in [0.29, 0.717) is 28.5 Å². The Balaban J connectivity index is 1.55. The summed E-state index contributed by atoms with van der Waals surface area (Å²) in [7, 11) is 1.37. The summed E-state index contributed by atoms with van der Waals surface area (Å²) in [6.45, 7) is 2.36. The smallest absolute Gasteiger partial charge is 0.306 e. The first-order valence-corrected chi connectivity index (χ1v) is 11.8. The van der Waals surface area contributed by atoms with Gasteiger partial charge < -0.3 is 15.0 Å². The van der Waals surface area contributed by atoms with Gasteiger partial charge in [-0.2, -0.15) is 0 Å². The first-order valence-electron chi connectivity index (χ1n) is 11.4. The summed E-state index contributed by atoms with van der Waals surface area (Å²) in [5.74, 6) is -0.503. The fourth-order valence-corrected chi connectivity index (χ4v) is 4.52. The maximum atomic E-state index is 13.5. The largest absolute Gasteiger partial charge is 0.469 e. The lowest BCUT2D eigenvalue weighted by Gasteiger charge is -2.24. The van der Waals surface area contributed by atoms with Gasteiger partial charge in [0, 0.05) is 29.0 Å². The third kappa shape index (κ3) is 5.52. The molecule has 0 bridgehead atoms. The Bertz CT molecular complexity index is 1260. The van der Waals surface area contributed by atoms with Crippen LogP contribution in [0.4, 0.5) is 11.5 Å². The maximum Gasteiger partial charge on any atom is 0.306 e. The SMILES string of the molecule is COC(=O)CC1CCCN(C(=O)c2ccc(NC(=O)c3ccccc3C)nc2)c2ccc(Cl)cc21. The van der Waals surface area contributed by atoms with Crippen LogP contribution in [0.5, 0.6) is 0 Å². The molecule has 2 aromatic carbocycles. The van der Waals surface area contributed by atoms with Crippen molar-refractivity contribution >= 4 is 40.9 Å². The summed E-state index contributed by atoms with van der Waals surface area (Å²) >= 11 is 6.26. The third-order valence-corrected chi connectivity index (χ3v) is 6.42. The van der Waals surface area contributed by atoms with Gasteiger partial charge >= 0.3 is 5.97 Å². The number of hydrogen-bond acceptors (Lipinski definition) is 5. The molecule has 180 valence electrons. The number of pyridine rings is 1. The zero-order valence-electron chi connectivity index (χ0n) is 19.6. The van der Waals surface area contributed by atoms with Crippen molar-refractivity contribution in [1.82, 2.24) is 4.98 Å². The molecule has 2 amide bonds. The van der Waals surface area contributed by atoms with Crippen LogP contribution in [-0.2, 0) is 9.53 Å². The number of rotatable bonds is 5. The number of amides is 2. The van der Waals surface area contributed by atoms with Gasteiger partial charge in [-0.1, -0.05) is 29.8 Å². The summed E-state index contributed by atoms with van der Waals surface area (Å²) in [6.07, 6.45) is 3.14. The zero-order valence-corrected chi connectivity index (χ0v) is 20.3. The highest BCUT2D eigenvalue weighted by molar-refractivity contribution is 6.30. The van der Waals surface area contributed by atoms with Crippen LogP contribution in [0, 0.1) is 6.92 Å². The van der Waals surface area contributed by atoms with Gasteiger partial charge in [-0.25, -0.2) is 4.98 Å².